The van der Waals surface area contributed by atoms with Crippen molar-refractivity contribution >= 4 is 6.29 Å². The third-order valence-corrected chi connectivity index (χ3v) is 1.17. The van der Waals surface area contributed by atoms with Gasteiger partial charge in [0.1, 0.15) is 0 Å². The number of rotatable bonds is 1. The fraction of sp³-hybridized carbons (Fsp3) is 0.125. The monoisotopic (exact) mass is 119 g/mol. The topological polar surface area (TPSA) is 17.1 Å². The molecule has 1 aromatic rings. The van der Waals surface area contributed by atoms with Crippen molar-refractivity contribution in [1.82, 2.24) is 0 Å². The van der Waals surface area contributed by atoms with E-state index < -0.39 is 0 Å². The van der Waals surface area contributed by atoms with Crippen molar-refractivity contribution in [1.29, 1.82) is 0 Å². The van der Waals surface area contributed by atoms with Crippen LogP contribution in [-0.4, -0.2) is 6.29 Å². The first kappa shape index (κ1) is 6.02. The summed E-state index contributed by atoms with van der Waals surface area (Å²) in [4.78, 5) is 9.99. The zero-order valence-electron chi connectivity index (χ0n) is 5.22. The summed E-state index contributed by atoms with van der Waals surface area (Å²) in [5, 5.41) is 0. The highest BCUT2D eigenvalue weighted by molar-refractivity contribution is 5.75. The van der Waals surface area contributed by atoms with Crippen LogP contribution in [0.3, 0.4) is 0 Å². The number of hydrogen-bond donors (Lipinski definition) is 0. The molecule has 45 valence electrons. The number of aryl methyl sites for hydroxylation is 1. The van der Waals surface area contributed by atoms with Gasteiger partial charge in [-0.15, -0.1) is 0 Å². The van der Waals surface area contributed by atoms with Crippen LogP contribution in [0.5, 0.6) is 0 Å². The van der Waals surface area contributed by atoms with Crippen molar-refractivity contribution < 1.29 is 4.79 Å². The second-order valence-electron chi connectivity index (χ2n) is 1.97. The minimum atomic E-state index is 0.612. The molecular formula is C8H7O. The summed E-state index contributed by atoms with van der Waals surface area (Å²) < 4.78 is 0. The van der Waals surface area contributed by atoms with Gasteiger partial charge in [-0.2, -0.15) is 0 Å². The van der Waals surface area contributed by atoms with Gasteiger partial charge in [0.25, 0.3) is 0 Å². The van der Waals surface area contributed by atoms with Crippen molar-refractivity contribution in [2.24, 2.45) is 0 Å². The average Bonchev–Trinajstić information content (AvgIpc) is 1.90. The molecule has 0 saturated heterocycles. The summed E-state index contributed by atoms with van der Waals surface area (Å²) >= 11 is 0. The van der Waals surface area contributed by atoms with E-state index in [2.05, 4.69) is 0 Å². The van der Waals surface area contributed by atoms with Crippen molar-refractivity contribution in [2.45, 2.75) is 6.92 Å². The summed E-state index contributed by atoms with van der Waals surface area (Å²) in [6, 6.07) is 7.28. The first-order valence-corrected chi connectivity index (χ1v) is 2.78. The van der Waals surface area contributed by atoms with Gasteiger partial charge in [0.05, 0.1) is 0 Å². The Morgan fingerprint density at radius 2 is 1.78 bits per heavy atom. The van der Waals surface area contributed by atoms with E-state index in [9.17, 15) is 4.79 Å². The van der Waals surface area contributed by atoms with Crippen molar-refractivity contribution in [3.63, 3.8) is 0 Å². The lowest BCUT2D eigenvalue weighted by molar-refractivity contribution is 0.563. The maximum atomic E-state index is 9.99. The summed E-state index contributed by atoms with van der Waals surface area (Å²) in [6.45, 7) is 1.98. The summed E-state index contributed by atoms with van der Waals surface area (Å²) in [6.07, 6.45) is 1.80. The van der Waals surface area contributed by atoms with Crippen LogP contribution in [-0.2, 0) is 4.79 Å². The second-order valence-corrected chi connectivity index (χ2v) is 1.97. The fourth-order valence-corrected chi connectivity index (χ4v) is 0.622. The van der Waals surface area contributed by atoms with E-state index in [1.54, 1.807) is 18.4 Å². The van der Waals surface area contributed by atoms with Crippen LogP contribution in [0, 0.1) is 6.92 Å². The normalized spacial score (nSPS) is 9.00. The maximum Gasteiger partial charge on any atom is 0.233 e. The lowest BCUT2D eigenvalue weighted by atomic mass is 10.2. The highest BCUT2D eigenvalue weighted by atomic mass is 16.1. The standard InChI is InChI=1S/C8H7O/c1-7-2-4-8(6-9)5-3-7/h2-5H,1H3. The number of hydrogen-bond acceptors (Lipinski definition) is 1. The molecule has 0 fully saturated rings. The Bertz CT molecular complexity index is 198. The number of benzene rings is 1. The van der Waals surface area contributed by atoms with E-state index in [1.807, 2.05) is 19.1 Å². The molecule has 0 unspecified atom stereocenters. The molecule has 0 aliphatic heterocycles. The Balaban J connectivity index is 3.01. The molecule has 1 nitrogen and oxygen atoms in total. The fourth-order valence-electron chi connectivity index (χ4n) is 0.622. The van der Waals surface area contributed by atoms with Gasteiger partial charge in [-0.25, -0.2) is 0 Å². The predicted octanol–water partition coefficient (Wildman–Crippen LogP) is 1.45. The molecule has 0 saturated carbocycles. The van der Waals surface area contributed by atoms with Crippen LogP contribution in [0.2, 0.25) is 0 Å². The van der Waals surface area contributed by atoms with Crippen molar-refractivity contribution in [2.75, 3.05) is 0 Å². The second kappa shape index (κ2) is 2.44. The zero-order chi connectivity index (χ0) is 6.69. The molecule has 1 rings (SSSR count). The molecule has 0 amide bonds. The highest BCUT2D eigenvalue weighted by Crippen LogP contribution is 1.98. The van der Waals surface area contributed by atoms with Crippen LogP contribution >= 0.6 is 0 Å². The third kappa shape index (κ3) is 1.39. The summed E-state index contributed by atoms with van der Waals surface area (Å²) in [5.74, 6) is 0. The Hall–Kier alpha value is -1.11. The SMILES string of the molecule is Cc1ccc([C]=O)cc1. The first-order valence-electron chi connectivity index (χ1n) is 2.78. The van der Waals surface area contributed by atoms with Gasteiger partial charge in [-0.1, -0.05) is 29.8 Å². The first-order chi connectivity index (χ1) is 4.33. The third-order valence-electron chi connectivity index (χ3n) is 1.17. The van der Waals surface area contributed by atoms with E-state index in [4.69, 9.17) is 0 Å². The van der Waals surface area contributed by atoms with Crippen LogP contribution in [0.1, 0.15) is 11.1 Å². The van der Waals surface area contributed by atoms with E-state index in [-0.39, 0.29) is 0 Å². The quantitative estimate of drug-likeness (QED) is 0.546. The summed E-state index contributed by atoms with van der Waals surface area (Å²) in [7, 11) is 0. The molecule has 0 N–H and O–H groups in total. The Morgan fingerprint density at radius 3 is 2.22 bits per heavy atom. The van der Waals surface area contributed by atoms with Gasteiger partial charge >= 0.3 is 0 Å². The molecule has 0 aromatic heterocycles. The molecule has 0 heterocycles. The molecular weight excluding hydrogens is 112 g/mol. The Morgan fingerprint density at radius 1 is 1.22 bits per heavy atom. The molecule has 0 aliphatic carbocycles. The lowest BCUT2D eigenvalue weighted by Gasteiger charge is -1.88. The largest absolute Gasteiger partial charge is 0.285 e. The summed E-state index contributed by atoms with van der Waals surface area (Å²) in [5.41, 5.74) is 1.77. The van der Waals surface area contributed by atoms with Crippen LogP contribution < -0.4 is 0 Å². The zero-order valence-corrected chi connectivity index (χ0v) is 5.22. The minimum absolute atomic E-state index is 0.612. The molecule has 0 aliphatic rings. The van der Waals surface area contributed by atoms with Gasteiger partial charge < -0.3 is 0 Å². The lowest BCUT2D eigenvalue weighted by Crippen LogP contribution is -1.77. The van der Waals surface area contributed by atoms with E-state index in [0.29, 0.717) is 5.56 Å². The van der Waals surface area contributed by atoms with Gasteiger partial charge in [0.15, 0.2) is 0 Å². The molecule has 0 spiro atoms. The molecule has 0 bridgehead atoms. The highest BCUT2D eigenvalue weighted by Gasteiger charge is 1.86. The van der Waals surface area contributed by atoms with E-state index in [1.165, 1.54) is 0 Å². The van der Waals surface area contributed by atoms with E-state index in [0.717, 1.165) is 5.56 Å². The van der Waals surface area contributed by atoms with Crippen LogP contribution in [0.4, 0.5) is 0 Å². The molecule has 0 atom stereocenters. The smallest absolute Gasteiger partial charge is 0.233 e. The molecule has 1 radical (unpaired) electrons. The van der Waals surface area contributed by atoms with Gasteiger partial charge in [-0.3, -0.25) is 4.79 Å². The molecule has 9 heavy (non-hydrogen) atoms. The van der Waals surface area contributed by atoms with Crippen LogP contribution in [0.25, 0.3) is 0 Å². The molecule has 1 heteroatoms. The van der Waals surface area contributed by atoms with Crippen molar-refractivity contribution in [3.05, 3.63) is 35.4 Å². The van der Waals surface area contributed by atoms with Gasteiger partial charge in [0, 0.05) is 5.56 Å². The van der Waals surface area contributed by atoms with Crippen molar-refractivity contribution in [3.8, 4) is 0 Å². The maximum absolute atomic E-state index is 9.99. The molecule has 1 aromatic carbocycles. The Labute approximate surface area is 54.3 Å². The van der Waals surface area contributed by atoms with E-state index >= 15 is 0 Å². The predicted molar refractivity (Wildman–Crippen MR) is 36.0 cm³/mol. The average molecular weight is 119 g/mol. The van der Waals surface area contributed by atoms with Crippen LogP contribution in [0.15, 0.2) is 24.3 Å². The number of carbonyl (C=O) groups excluding carboxylic acids is 1. The minimum Gasteiger partial charge on any atom is -0.285 e. The van der Waals surface area contributed by atoms with Gasteiger partial charge in [0.2, 0.25) is 6.29 Å². The Kier molecular flexibility index (Phi) is 1.63. The van der Waals surface area contributed by atoms with Gasteiger partial charge in [-0.05, 0) is 6.92 Å².